The first-order chi connectivity index (χ1) is 6.89. The van der Waals surface area contributed by atoms with Crippen LogP contribution in [0.3, 0.4) is 0 Å². The third-order valence-electron chi connectivity index (χ3n) is 2.15. The zero-order valence-electron chi connectivity index (χ0n) is 9.23. The molecule has 1 unspecified atom stereocenters. The Morgan fingerprint density at radius 2 is 2.00 bits per heavy atom. The van der Waals surface area contributed by atoms with E-state index in [1.54, 1.807) is 0 Å². The summed E-state index contributed by atoms with van der Waals surface area (Å²) in [6.45, 7) is 4.06. The quantitative estimate of drug-likeness (QED) is 0.581. The van der Waals surface area contributed by atoms with Crippen LogP contribution in [-0.2, 0) is 10.2 Å². The maximum Gasteiger partial charge on any atom is 0.277 e. The van der Waals surface area contributed by atoms with Crippen LogP contribution in [0.4, 0.5) is 0 Å². The van der Waals surface area contributed by atoms with Crippen LogP contribution in [0.5, 0.6) is 0 Å². The van der Waals surface area contributed by atoms with E-state index in [-0.39, 0.29) is 12.6 Å². The zero-order valence-corrected chi connectivity index (χ0v) is 10.0. The van der Waals surface area contributed by atoms with E-state index in [1.165, 1.54) is 0 Å². The Kier molecular flexibility index (Phi) is 4.51. The van der Waals surface area contributed by atoms with Crippen molar-refractivity contribution in [1.82, 2.24) is 9.44 Å². The van der Waals surface area contributed by atoms with Crippen molar-refractivity contribution in [3.8, 4) is 0 Å². The standard InChI is InChI=1S/C9H20N2O3S/c1-7(2)5-9(12)6-10-15(13,14)11-8-3-4-8/h7-12H,3-6H2,1-2H3. The van der Waals surface area contributed by atoms with Gasteiger partial charge in [-0.05, 0) is 25.2 Å². The number of aliphatic hydroxyl groups excluding tert-OH is 1. The number of hydrogen-bond donors (Lipinski definition) is 3. The second-order valence-corrected chi connectivity index (χ2v) is 6.06. The summed E-state index contributed by atoms with van der Waals surface area (Å²) in [7, 11) is -3.41. The van der Waals surface area contributed by atoms with E-state index in [0.29, 0.717) is 12.3 Å². The molecule has 1 rings (SSSR count). The van der Waals surface area contributed by atoms with Crippen molar-refractivity contribution in [2.45, 2.75) is 45.3 Å². The van der Waals surface area contributed by atoms with Crippen LogP contribution < -0.4 is 9.44 Å². The summed E-state index contributed by atoms with van der Waals surface area (Å²) in [4.78, 5) is 0. The van der Waals surface area contributed by atoms with Gasteiger partial charge in [0, 0.05) is 12.6 Å². The minimum absolute atomic E-state index is 0.0836. The van der Waals surface area contributed by atoms with Crippen LogP contribution in [0.2, 0.25) is 0 Å². The molecule has 0 heterocycles. The Labute approximate surface area is 91.4 Å². The van der Waals surface area contributed by atoms with Gasteiger partial charge in [0.05, 0.1) is 6.10 Å². The molecule has 0 aromatic rings. The first kappa shape index (κ1) is 12.9. The summed E-state index contributed by atoms with van der Waals surface area (Å²) in [5.41, 5.74) is 0. The molecule has 1 aliphatic carbocycles. The molecular formula is C9H20N2O3S. The van der Waals surface area contributed by atoms with Gasteiger partial charge >= 0.3 is 0 Å². The van der Waals surface area contributed by atoms with Gasteiger partial charge in [-0.2, -0.15) is 17.9 Å². The number of nitrogens with one attached hydrogen (secondary N) is 2. The Morgan fingerprint density at radius 1 is 1.40 bits per heavy atom. The van der Waals surface area contributed by atoms with Gasteiger partial charge in [0.15, 0.2) is 0 Å². The third kappa shape index (κ3) is 6.09. The van der Waals surface area contributed by atoms with Gasteiger partial charge in [-0.1, -0.05) is 13.8 Å². The second-order valence-electron chi connectivity index (χ2n) is 4.53. The molecule has 1 saturated carbocycles. The summed E-state index contributed by atoms with van der Waals surface area (Å²) in [6, 6.07) is 0.102. The fourth-order valence-corrected chi connectivity index (χ4v) is 2.47. The van der Waals surface area contributed by atoms with E-state index in [9.17, 15) is 13.5 Å². The topological polar surface area (TPSA) is 78.4 Å². The van der Waals surface area contributed by atoms with Gasteiger partial charge in [0.1, 0.15) is 0 Å². The van der Waals surface area contributed by atoms with Crippen LogP contribution in [-0.4, -0.2) is 32.2 Å². The number of hydrogen-bond acceptors (Lipinski definition) is 3. The highest BCUT2D eigenvalue weighted by Gasteiger charge is 2.26. The first-order valence-electron chi connectivity index (χ1n) is 5.34. The SMILES string of the molecule is CC(C)CC(O)CNS(=O)(=O)NC1CC1. The van der Waals surface area contributed by atoms with E-state index >= 15 is 0 Å². The maximum atomic E-state index is 11.3. The molecule has 0 bridgehead atoms. The molecule has 1 atom stereocenters. The predicted octanol–water partition coefficient (Wildman–Crippen LogP) is -0.0202. The van der Waals surface area contributed by atoms with Crippen LogP contribution in [0.25, 0.3) is 0 Å². The fraction of sp³-hybridized carbons (Fsp3) is 1.00. The molecule has 0 aromatic heterocycles. The molecule has 15 heavy (non-hydrogen) atoms. The molecule has 1 fully saturated rings. The van der Waals surface area contributed by atoms with Gasteiger partial charge in [-0.3, -0.25) is 0 Å². The summed E-state index contributed by atoms with van der Waals surface area (Å²) >= 11 is 0. The van der Waals surface area contributed by atoms with Crippen molar-refractivity contribution in [3.05, 3.63) is 0 Å². The summed E-state index contributed by atoms with van der Waals surface area (Å²) in [5, 5.41) is 9.48. The smallest absolute Gasteiger partial charge is 0.277 e. The minimum atomic E-state index is -3.41. The van der Waals surface area contributed by atoms with E-state index in [0.717, 1.165) is 12.8 Å². The highest BCUT2D eigenvalue weighted by molar-refractivity contribution is 7.87. The molecule has 0 spiro atoms. The van der Waals surface area contributed by atoms with Crippen LogP contribution >= 0.6 is 0 Å². The molecule has 90 valence electrons. The van der Waals surface area contributed by atoms with E-state index in [2.05, 4.69) is 9.44 Å². The molecule has 0 aliphatic heterocycles. The second kappa shape index (κ2) is 5.25. The molecule has 1 aliphatic rings. The van der Waals surface area contributed by atoms with Crippen molar-refractivity contribution < 1.29 is 13.5 Å². The minimum Gasteiger partial charge on any atom is -0.392 e. The highest BCUT2D eigenvalue weighted by Crippen LogP contribution is 2.19. The Bertz CT molecular complexity index is 286. The lowest BCUT2D eigenvalue weighted by molar-refractivity contribution is 0.152. The van der Waals surface area contributed by atoms with Crippen molar-refractivity contribution >= 4 is 10.2 Å². The van der Waals surface area contributed by atoms with E-state index in [1.807, 2.05) is 13.8 Å². The van der Waals surface area contributed by atoms with Crippen molar-refractivity contribution in [1.29, 1.82) is 0 Å². The normalized spacial score (nSPS) is 19.5. The molecule has 0 amide bonds. The summed E-state index contributed by atoms with van der Waals surface area (Å²) < 4.78 is 27.5. The van der Waals surface area contributed by atoms with Gasteiger partial charge in [-0.15, -0.1) is 0 Å². The lowest BCUT2D eigenvalue weighted by atomic mass is 10.1. The van der Waals surface area contributed by atoms with Gasteiger partial charge in [0.2, 0.25) is 0 Å². The van der Waals surface area contributed by atoms with Crippen molar-refractivity contribution in [3.63, 3.8) is 0 Å². The largest absolute Gasteiger partial charge is 0.392 e. The molecular weight excluding hydrogens is 216 g/mol. The highest BCUT2D eigenvalue weighted by atomic mass is 32.2. The molecule has 0 aromatic carbocycles. The average Bonchev–Trinajstić information content (AvgIpc) is 2.83. The maximum absolute atomic E-state index is 11.3. The first-order valence-corrected chi connectivity index (χ1v) is 6.82. The number of rotatable bonds is 7. The average molecular weight is 236 g/mol. The van der Waals surface area contributed by atoms with Crippen LogP contribution in [0.15, 0.2) is 0 Å². The monoisotopic (exact) mass is 236 g/mol. The molecule has 0 saturated heterocycles. The van der Waals surface area contributed by atoms with Gasteiger partial charge < -0.3 is 5.11 Å². The van der Waals surface area contributed by atoms with Crippen molar-refractivity contribution in [2.24, 2.45) is 5.92 Å². The van der Waals surface area contributed by atoms with Gasteiger partial charge in [-0.25, -0.2) is 0 Å². The Morgan fingerprint density at radius 3 is 2.47 bits per heavy atom. The van der Waals surface area contributed by atoms with Crippen molar-refractivity contribution in [2.75, 3.05) is 6.54 Å². The predicted molar refractivity (Wildman–Crippen MR) is 58.5 cm³/mol. The molecule has 0 radical (unpaired) electrons. The van der Waals surface area contributed by atoms with E-state index in [4.69, 9.17) is 0 Å². The van der Waals surface area contributed by atoms with Crippen LogP contribution in [0, 0.1) is 5.92 Å². The molecule has 6 heteroatoms. The Balaban J connectivity index is 2.22. The lowest BCUT2D eigenvalue weighted by Crippen LogP contribution is -2.41. The number of aliphatic hydroxyl groups is 1. The van der Waals surface area contributed by atoms with Crippen LogP contribution in [0.1, 0.15) is 33.1 Å². The summed E-state index contributed by atoms with van der Waals surface area (Å²) in [6.07, 6.45) is 1.82. The van der Waals surface area contributed by atoms with E-state index < -0.39 is 16.3 Å². The molecule has 5 nitrogen and oxygen atoms in total. The Hall–Kier alpha value is -0.170. The molecule has 3 N–H and O–H groups in total. The summed E-state index contributed by atoms with van der Waals surface area (Å²) in [5.74, 6) is 0.362. The lowest BCUT2D eigenvalue weighted by Gasteiger charge is -2.14. The third-order valence-corrected chi connectivity index (χ3v) is 3.34. The zero-order chi connectivity index (χ0) is 11.5. The fourth-order valence-electron chi connectivity index (χ4n) is 1.30. The van der Waals surface area contributed by atoms with Gasteiger partial charge in [0.25, 0.3) is 10.2 Å².